The van der Waals surface area contributed by atoms with Crippen LogP contribution in [-0.2, 0) is 17.8 Å². The average molecular weight is 469 g/mol. The second-order valence-corrected chi connectivity index (χ2v) is 9.36. The van der Waals surface area contributed by atoms with Crippen molar-refractivity contribution in [2.45, 2.75) is 19.4 Å². The minimum absolute atomic E-state index is 0.0841. The van der Waals surface area contributed by atoms with Crippen molar-refractivity contribution in [3.05, 3.63) is 65.1 Å². The molecule has 1 amide bonds. The van der Waals surface area contributed by atoms with Crippen molar-refractivity contribution in [1.29, 1.82) is 0 Å². The van der Waals surface area contributed by atoms with E-state index in [2.05, 4.69) is 50.4 Å². The summed E-state index contributed by atoms with van der Waals surface area (Å²) in [6.07, 6.45) is 5.70. The number of rotatable bonds is 7. The largest absolute Gasteiger partial charge is 0.483 e. The summed E-state index contributed by atoms with van der Waals surface area (Å²) < 4.78 is 2.03. The van der Waals surface area contributed by atoms with Crippen LogP contribution in [0.15, 0.2) is 53.9 Å². The summed E-state index contributed by atoms with van der Waals surface area (Å²) in [5, 5.41) is 16.5. The number of hydrogen-bond donors (Lipinski definition) is 1. The fourth-order valence-electron chi connectivity index (χ4n) is 5.09. The van der Waals surface area contributed by atoms with E-state index in [1.54, 1.807) is 18.2 Å². The summed E-state index contributed by atoms with van der Waals surface area (Å²) in [4.78, 5) is 30.2. The lowest BCUT2D eigenvalue weighted by molar-refractivity contribution is -0.122. The van der Waals surface area contributed by atoms with Gasteiger partial charge in [0.25, 0.3) is 12.4 Å². The van der Waals surface area contributed by atoms with Crippen LogP contribution in [0.25, 0.3) is 0 Å². The number of hydrogen-bond acceptors (Lipinski definition) is 7. The zero-order valence-corrected chi connectivity index (χ0v) is 19.2. The van der Waals surface area contributed by atoms with Crippen molar-refractivity contribution in [1.82, 2.24) is 29.5 Å². The van der Waals surface area contributed by atoms with Crippen molar-refractivity contribution in [3.63, 3.8) is 0 Å². The molecule has 5 rings (SSSR count). The van der Waals surface area contributed by atoms with E-state index in [4.69, 9.17) is 9.90 Å². The molecule has 2 fully saturated rings. The molecule has 2 atom stereocenters. The van der Waals surface area contributed by atoms with E-state index in [1.165, 1.54) is 16.9 Å². The molecular formula is C23H28N6O3S. The maximum atomic E-state index is 13.0. The molecule has 0 spiro atoms. The van der Waals surface area contributed by atoms with Crippen LogP contribution in [0.4, 0.5) is 0 Å². The van der Waals surface area contributed by atoms with Crippen molar-refractivity contribution in [3.8, 4) is 0 Å². The molecule has 1 aromatic carbocycles. The number of carboxylic acid groups (broad SMARTS) is 1. The lowest BCUT2D eigenvalue weighted by Gasteiger charge is -2.29. The van der Waals surface area contributed by atoms with E-state index in [1.807, 2.05) is 14.8 Å². The van der Waals surface area contributed by atoms with Crippen molar-refractivity contribution in [2.75, 3.05) is 32.7 Å². The summed E-state index contributed by atoms with van der Waals surface area (Å²) >= 11 is 1.48. The standard InChI is InChI=1S/C22H26N6OS.CH2O2/c29-21(20-12-30-17-23-20)28-11-19-10-26(8-9-27-15-24-25-16-27)13-22(19,14-28)7-6-18-4-2-1-3-5-18;2-1-3/h1-5,12,15-17,19H,6-11,13-14H2;1H,(H,2,3)/t19-,22+;/m0./s1. The zero-order chi connectivity index (χ0) is 23.1. The van der Waals surface area contributed by atoms with Gasteiger partial charge in [-0.05, 0) is 24.3 Å². The third-order valence-electron chi connectivity index (χ3n) is 6.66. The molecule has 33 heavy (non-hydrogen) atoms. The van der Waals surface area contributed by atoms with Crippen LogP contribution < -0.4 is 0 Å². The molecule has 3 aromatic rings. The molecular weight excluding hydrogens is 440 g/mol. The molecule has 0 saturated carbocycles. The Hall–Kier alpha value is -3.11. The Morgan fingerprint density at radius 1 is 1.15 bits per heavy atom. The van der Waals surface area contributed by atoms with Crippen LogP contribution in [0, 0.1) is 11.3 Å². The van der Waals surface area contributed by atoms with Gasteiger partial charge in [-0.15, -0.1) is 21.5 Å². The number of likely N-dealkylation sites (tertiary alicyclic amines) is 2. The first kappa shape index (κ1) is 23.1. The number of nitrogens with zero attached hydrogens (tertiary/aromatic N) is 6. The number of thiazole rings is 1. The molecule has 174 valence electrons. The molecule has 2 aliphatic rings. The van der Waals surface area contributed by atoms with Gasteiger partial charge in [-0.2, -0.15) is 0 Å². The number of fused-ring (bicyclic) bond motifs is 1. The molecule has 0 radical (unpaired) electrons. The first-order valence-electron chi connectivity index (χ1n) is 11.0. The lowest BCUT2D eigenvalue weighted by Crippen LogP contribution is -2.38. The maximum absolute atomic E-state index is 13.0. The average Bonchev–Trinajstić information content (AvgIpc) is 3.62. The lowest BCUT2D eigenvalue weighted by atomic mass is 9.76. The molecule has 0 unspecified atom stereocenters. The van der Waals surface area contributed by atoms with E-state index >= 15 is 0 Å². The summed E-state index contributed by atoms with van der Waals surface area (Å²) in [6, 6.07) is 10.7. The molecule has 2 aliphatic heterocycles. The third-order valence-corrected chi connectivity index (χ3v) is 7.25. The van der Waals surface area contributed by atoms with Crippen molar-refractivity contribution >= 4 is 23.7 Å². The van der Waals surface area contributed by atoms with Crippen molar-refractivity contribution in [2.24, 2.45) is 11.3 Å². The molecule has 4 heterocycles. The first-order valence-corrected chi connectivity index (χ1v) is 11.9. The molecule has 0 bridgehead atoms. The Labute approximate surface area is 196 Å². The zero-order valence-electron chi connectivity index (χ0n) is 18.4. The topological polar surface area (TPSA) is 104 Å². The number of carbonyl (C=O) groups is 2. The maximum Gasteiger partial charge on any atom is 0.290 e. The summed E-state index contributed by atoms with van der Waals surface area (Å²) in [5.74, 6) is 0.588. The van der Waals surface area contributed by atoms with Gasteiger partial charge < -0.3 is 19.5 Å². The van der Waals surface area contributed by atoms with Gasteiger partial charge in [0.2, 0.25) is 0 Å². The Kier molecular flexibility index (Phi) is 7.46. The number of benzene rings is 1. The second-order valence-electron chi connectivity index (χ2n) is 8.64. The van der Waals surface area contributed by atoms with Gasteiger partial charge in [0.15, 0.2) is 0 Å². The molecule has 9 nitrogen and oxygen atoms in total. The van der Waals surface area contributed by atoms with Gasteiger partial charge in [0.1, 0.15) is 18.3 Å². The van der Waals surface area contributed by atoms with Gasteiger partial charge in [0.05, 0.1) is 5.51 Å². The summed E-state index contributed by atoms with van der Waals surface area (Å²) in [6.45, 7) is 5.36. The minimum atomic E-state index is -0.250. The van der Waals surface area contributed by atoms with Crippen LogP contribution >= 0.6 is 11.3 Å². The Bertz CT molecular complexity index is 1010. The highest BCUT2D eigenvalue weighted by atomic mass is 32.1. The predicted molar refractivity (Wildman–Crippen MR) is 124 cm³/mol. The third kappa shape index (κ3) is 5.45. The highest BCUT2D eigenvalue weighted by Crippen LogP contribution is 2.46. The Morgan fingerprint density at radius 2 is 1.91 bits per heavy atom. The summed E-state index contributed by atoms with van der Waals surface area (Å²) in [7, 11) is 0. The SMILES string of the molecule is O=C(c1cscn1)N1C[C@@H]2CN(CCn3cnnc3)C[C@]2(CCc2ccccc2)C1.O=CO. The quantitative estimate of drug-likeness (QED) is 0.530. The molecule has 1 N–H and O–H groups in total. The van der Waals surface area contributed by atoms with Crippen LogP contribution in [0.1, 0.15) is 22.5 Å². The molecule has 10 heteroatoms. The van der Waals surface area contributed by atoms with Gasteiger partial charge in [0, 0.05) is 50.1 Å². The highest BCUT2D eigenvalue weighted by molar-refractivity contribution is 7.07. The van der Waals surface area contributed by atoms with Crippen LogP contribution in [0.2, 0.25) is 0 Å². The minimum Gasteiger partial charge on any atom is -0.483 e. The van der Waals surface area contributed by atoms with E-state index in [9.17, 15) is 4.79 Å². The monoisotopic (exact) mass is 468 g/mol. The summed E-state index contributed by atoms with van der Waals surface area (Å²) in [5.41, 5.74) is 3.84. The number of aryl methyl sites for hydroxylation is 1. The van der Waals surface area contributed by atoms with Gasteiger partial charge in [-0.1, -0.05) is 30.3 Å². The number of carbonyl (C=O) groups excluding carboxylic acids is 1. The number of amides is 1. The second kappa shape index (κ2) is 10.7. The predicted octanol–water partition coefficient (Wildman–Crippen LogP) is 2.14. The van der Waals surface area contributed by atoms with Crippen LogP contribution in [0.3, 0.4) is 0 Å². The fourth-order valence-corrected chi connectivity index (χ4v) is 5.61. The van der Waals surface area contributed by atoms with E-state index < -0.39 is 0 Å². The van der Waals surface area contributed by atoms with E-state index in [0.29, 0.717) is 11.6 Å². The Morgan fingerprint density at radius 3 is 2.61 bits per heavy atom. The van der Waals surface area contributed by atoms with Crippen LogP contribution in [-0.4, -0.2) is 79.8 Å². The van der Waals surface area contributed by atoms with Gasteiger partial charge in [-0.25, -0.2) is 4.98 Å². The van der Waals surface area contributed by atoms with Gasteiger partial charge >= 0.3 is 0 Å². The molecule has 0 aliphatic carbocycles. The normalized spacial score (nSPS) is 21.9. The number of aromatic nitrogens is 4. The molecule has 2 saturated heterocycles. The molecule has 2 aromatic heterocycles. The Balaban J connectivity index is 0.000000821. The smallest absolute Gasteiger partial charge is 0.290 e. The van der Waals surface area contributed by atoms with Gasteiger partial charge in [-0.3, -0.25) is 9.59 Å². The highest BCUT2D eigenvalue weighted by Gasteiger charge is 2.52. The van der Waals surface area contributed by atoms with Crippen molar-refractivity contribution < 1.29 is 14.7 Å². The first-order chi connectivity index (χ1) is 16.1. The van der Waals surface area contributed by atoms with E-state index in [-0.39, 0.29) is 17.8 Å². The van der Waals surface area contributed by atoms with Crippen LogP contribution in [0.5, 0.6) is 0 Å². The fraction of sp³-hybridized carbons (Fsp3) is 0.435. The van der Waals surface area contributed by atoms with E-state index in [0.717, 1.165) is 52.1 Å².